The molecule has 1 heterocycles. The average Bonchev–Trinajstić information content (AvgIpc) is 2.29. The number of carbonyl (C=O) groups excluding carboxylic acids is 1. The highest BCUT2D eigenvalue weighted by molar-refractivity contribution is 9.10. The molecular formula is C11H12BrN3O. The molecule has 84 valence electrons. The fourth-order valence-electron chi connectivity index (χ4n) is 1.02. The molecule has 2 N–H and O–H groups in total. The van der Waals surface area contributed by atoms with Crippen molar-refractivity contribution < 1.29 is 4.79 Å². The van der Waals surface area contributed by atoms with E-state index in [0.29, 0.717) is 13.0 Å². The Hall–Kier alpha value is -1.54. The predicted octanol–water partition coefficient (Wildman–Crippen LogP) is 1.40. The standard InChI is InChI=1S/C11H12BrN3O/c1-2-6-14-11(16)5-7-13-10-4-3-9(12)8-15-10/h1,3-4,8H,5-7H2,(H,13,15)(H,14,16). The predicted molar refractivity (Wildman–Crippen MR) is 66.9 cm³/mol. The molecule has 5 heteroatoms. The number of terminal acetylenes is 1. The van der Waals surface area contributed by atoms with E-state index in [9.17, 15) is 4.79 Å². The first-order valence-corrected chi connectivity index (χ1v) is 5.57. The average molecular weight is 282 g/mol. The van der Waals surface area contributed by atoms with Gasteiger partial charge in [-0.1, -0.05) is 5.92 Å². The molecule has 0 spiro atoms. The summed E-state index contributed by atoms with van der Waals surface area (Å²) in [5, 5.41) is 5.62. The molecule has 4 nitrogen and oxygen atoms in total. The maximum absolute atomic E-state index is 11.2. The van der Waals surface area contributed by atoms with Gasteiger partial charge in [0, 0.05) is 23.6 Å². The minimum absolute atomic E-state index is 0.0671. The lowest BCUT2D eigenvalue weighted by molar-refractivity contribution is -0.120. The summed E-state index contributed by atoms with van der Waals surface area (Å²) < 4.78 is 0.921. The molecular weight excluding hydrogens is 270 g/mol. The van der Waals surface area contributed by atoms with Crippen molar-refractivity contribution >= 4 is 27.7 Å². The Balaban J connectivity index is 2.23. The first-order valence-electron chi connectivity index (χ1n) is 4.78. The molecule has 0 aliphatic rings. The molecule has 0 bridgehead atoms. The SMILES string of the molecule is C#CCNC(=O)CCNc1ccc(Br)cn1. The second-order valence-corrected chi connectivity index (χ2v) is 3.93. The van der Waals surface area contributed by atoms with Crippen LogP contribution in [0.2, 0.25) is 0 Å². The summed E-state index contributed by atoms with van der Waals surface area (Å²) in [4.78, 5) is 15.3. The van der Waals surface area contributed by atoms with E-state index in [4.69, 9.17) is 6.42 Å². The van der Waals surface area contributed by atoms with Gasteiger partial charge in [0.05, 0.1) is 6.54 Å². The summed E-state index contributed by atoms with van der Waals surface area (Å²) >= 11 is 3.29. The molecule has 0 atom stereocenters. The highest BCUT2D eigenvalue weighted by Gasteiger charge is 1.99. The van der Waals surface area contributed by atoms with Crippen LogP contribution >= 0.6 is 15.9 Å². The summed E-state index contributed by atoms with van der Waals surface area (Å²) in [6.07, 6.45) is 7.09. The van der Waals surface area contributed by atoms with Gasteiger partial charge in [0.15, 0.2) is 0 Å². The van der Waals surface area contributed by atoms with Crippen LogP contribution in [0.3, 0.4) is 0 Å². The second kappa shape index (κ2) is 6.85. The van der Waals surface area contributed by atoms with E-state index in [1.165, 1.54) is 0 Å². The monoisotopic (exact) mass is 281 g/mol. The highest BCUT2D eigenvalue weighted by atomic mass is 79.9. The minimum Gasteiger partial charge on any atom is -0.370 e. The minimum atomic E-state index is -0.0671. The molecule has 1 aromatic rings. The number of anilines is 1. The van der Waals surface area contributed by atoms with Gasteiger partial charge in [-0.05, 0) is 28.1 Å². The van der Waals surface area contributed by atoms with E-state index < -0.39 is 0 Å². The highest BCUT2D eigenvalue weighted by Crippen LogP contribution is 2.10. The van der Waals surface area contributed by atoms with Crippen molar-refractivity contribution in [3.05, 3.63) is 22.8 Å². The molecule has 0 unspecified atom stereocenters. The first-order chi connectivity index (χ1) is 7.72. The van der Waals surface area contributed by atoms with Crippen LogP contribution in [0.5, 0.6) is 0 Å². The third kappa shape index (κ3) is 4.80. The van der Waals surface area contributed by atoms with Gasteiger partial charge < -0.3 is 10.6 Å². The smallest absolute Gasteiger partial charge is 0.222 e. The zero-order valence-electron chi connectivity index (χ0n) is 8.66. The van der Waals surface area contributed by atoms with Crippen LogP contribution < -0.4 is 10.6 Å². The number of amides is 1. The Bertz CT molecular complexity index is 383. The third-order valence-corrected chi connectivity index (χ3v) is 2.24. The first kappa shape index (κ1) is 12.5. The van der Waals surface area contributed by atoms with Gasteiger partial charge >= 0.3 is 0 Å². The summed E-state index contributed by atoms with van der Waals surface area (Å²) in [5.41, 5.74) is 0. The van der Waals surface area contributed by atoms with Crippen LogP contribution in [0.25, 0.3) is 0 Å². The van der Waals surface area contributed by atoms with Crippen LogP contribution in [0.4, 0.5) is 5.82 Å². The number of nitrogens with one attached hydrogen (secondary N) is 2. The molecule has 0 radical (unpaired) electrons. The molecule has 0 aromatic carbocycles. The summed E-state index contributed by atoms with van der Waals surface area (Å²) in [7, 11) is 0. The Morgan fingerprint density at radius 1 is 1.56 bits per heavy atom. The van der Waals surface area contributed by atoms with Gasteiger partial charge in [-0.15, -0.1) is 6.42 Å². The number of hydrogen-bond donors (Lipinski definition) is 2. The van der Waals surface area contributed by atoms with Crippen LogP contribution in [0.15, 0.2) is 22.8 Å². The maximum atomic E-state index is 11.2. The fourth-order valence-corrected chi connectivity index (χ4v) is 1.26. The topological polar surface area (TPSA) is 54.0 Å². The quantitative estimate of drug-likeness (QED) is 0.803. The normalized spacial score (nSPS) is 9.25. The zero-order chi connectivity index (χ0) is 11.8. The Morgan fingerprint density at radius 3 is 3.00 bits per heavy atom. The molecule has 0 saturated carbocycles. The number of carbonyl (C=O) groups is 1. The van der Waals surface area contributed by atoms with Gasteiger partial charge in [0.25, 0.3) is 0 Å². The van der Waals surface area contributed by atoms with Gasteiger partial charge in [-0.3, -0.25) is 4.79 Å². The lowest BCUT2D eigenvalue weighted by atomic mass is 10.4. The van der Waals surface area contributed by atoms with Crippen molar-refractivity contribution in [3.63, 3.8) is 0 Å². The Morgan fingerprint density at radius 2 is 2.38 bits per heavy atom. The second-order valence-electron chi connectivity index (χ2n) is 3.02. The van der Waals surface area contributed by atoms with Gasteiger partial charge in [0.1, 0.15) is 5.82 Å². The zero-order valence-corrected chi connectivity index (χ0v) is 10.3. The number of hydrogen-bond acceptors (Lipinski definition) is 3. The maximum Gasteiger partial charge on any atom is 0.222 e. The largest absolute Gasteiger partial charge is 0.370 e. The lowest BCUT2D eigenvalue weighted by Gasteiger charge is -2.05. The van der Waals surface area contributed by atoms with E-state index in [1.807, 2.05) is 12.1 Å². The number of rotatable bonds is 5. The van der Waals surface area contributed by atoms with Crippen LogP contribution in [0.1, 0.15) is 6.42 Å². The summed E-state index contributed by atoms with van der Waals surface area (Å²) in [6, 6.07) is 3.72. The van der Waals surface area contributed by atoms with Gasteiger partial charge in [0.2, 0.25) is 5.91 Å². The molecule has 1 rings (SSSR count). The molecule has 0 fully saturated rings. The van der Waals surface area contributed by atoms with Crippen molar-refractivity contribution in [2.24, 2.45) is 0 Å². The van der Waals surface area contributed by atoms with E-state index in [1.54, 1.807) is 6.20 Å². The number of nitrogens with zero attached hydrogens (tertiary/aromatic N) is 1. The molecule has 0 saturated heterocycles. The van der Waals surface area contributed by atoms with Crippen LogP contribution in [-0.4, -0.2) is 24.0 Å². The third-order valence-electron chi connectivity index (χ3n) is 1.77. The molecule has 16 heavy (non-hydrogen) atoms. The molecule has 0 aliphatic carbocycles. The van der Waals surface area contributed by atoms with E-state index in [0.717, 1.165) is 10.3 Å². The number of pyridine rings is 1. The number of aromatic nitrogens is 1. The van der Waals surface area contributed by atoms with Crippen LogP contribution in [0, 0.1) is 12.3 Å². The molecule has 1 amide bonds. The lowest BCUT2D eigenvalue weighted by Crippen LogP contribution is -2.25. The van der Waals surface area contributed by atoms with E-state index in [2.05, 4.69) is 37.5 Å². The molecule has 1 aromatic heterocycles. The summed E-state index contributed by atoms with van der Waals surface area (Å²) in [6.45, 7) is 0.806. The Kier molecular flexibility index (Phi) is 5.37. The summed E-state index contributed by atoms with van der Waals surface area (Å²) in [5.74, 6) is 3.02. The van der Waals surface area contributed by atoms with Crippen molar-refractivity contribution in [3.8, 4) is 12.3 Å². The van der Waals surface area contributed by atoms with Crippen molar-refractivity contribution in [2.45, 2.75) is 6.42 Å². The van der Waals surface area contributed by atoms with Crippen molar-refractivity contribution in [1.82, 2.24) is 10.3 Å². The van der Waals surface area contributed by atoms with Crippen molar-refractivity contribution in [2.75, 3.05) is 18.4 Å². The number of halogens is 1. The van der Waals surface area contributed by atoms with E-state index in [-0.39, 0.29) is 12.5 Å². The van der Waals surface area contributed by atoms with Crippen molar-refractivity contribution in [1.29, 1.82) is 0 Å². The van der Waals surface area contributed by atoms with Gasteiger partial charge in [-0.2, -0.15) is 0 Å². The fraction of sp³-hybridized carbons (Fsp3) is 0.273. The van der Waals surface area contributed by atoms with E-state index >= 15 is 0 Å². The Labute approximate surface area is 103 Å². The molecule has 0 aliphatic heterocycles. The van der Waals surface area contributed by atoms with Gasteiger partial charge in [-0.25, -0.2) is 4.98 Å². The van der Waals surface area contributed by atoms with Crippen LogP contribution in [-0.2, 0) is 4.79 Å².